The molecule has 122 valence electrons. The first-order valence-electron chi connectivity index (χ1n) is 6.85. The molecule has 1 aliphatic heterocycles. The number of carbonyl (C=O) groups is 3. The van der Waals surface area contributed by atoms with Crippen molar-refractivity contribution in [3.8, 4) is 0 Å². The van der Waals surface area contributed by atoms with Gasteiger partial charge in [0.1, 0.15) is 12.1 Å². The van der Waals surface area contributed by atoms with Gasteiger partial charge in [0, 0.05) is 12.1 Å². The van der Waals surface area contributed by atoms with Gasteiger partial charge in [-0.15, -0.1) is 12.4 Å². The summed E-state index contributed by atoms with van der Waals surface area (Å²) in [6.45, 7) is 7.32. The SMILES string of the molecule is CCC(N)(CC)CNC(=O)CN1C(=O)NC(=O)C1(C)C.Cl. The van der Waals surface area contributed by atoms with Gasteiger partial charge in [-0.25, -0.2) is 4.79 Å². The molecule has 4 amide bonds. The number of carbonyl (C=O) groups excluding carboxylic acids is 3. The second kappa shape index (κ2) is 7.09. The van der Waals surface area contributed by atoms with E-state index in [1.54, 1.807) is 13.8 Å². The molecule has 8 heteroatoms. The van der Waals surface area contributed by atoms with Gasteiger partial charge in [-0.3, -0.25) is 14.9 Å². The van der Waals surface area contributed by atoms with Gasteiger partial charge in [-0.05, 0) is 26.7 Å². The highest BCUT2D eigenvalue weighted by atomic mass is 35.5. The molecule has 0 unspecified atom stereocenters. The van der Waals surface area contributed by atoms with E-state index in [9.17, 15) is 14.4 Å². The first-order chi connectivity index (χ1) is 9.16. The lowest BCUT2D eigenvalue weighted by molar-refractivity contribution is -0.127. The second-order valence-electron chi connectivity index (χ2n) is 5.75. The molecule has 1 aliphatic rings. The Labute approximate surface area is 131 Å². The standard InChI is InChI=1S/C13H24N4O3.ClH/c1-5-13(14,6-2)8-15-9(18)7-17-11(20)16-10(19)12(17,3)4;/h5-8,14H2,1-4H3,(H,15,18)(H,16,19,20);1H. The number of imide groups is 1. The van der Waals surface area contributed by atoms with E-state index in [1.165, 1.54) is 4.90 Å². The molecule has 0 bridgehead atoms. The van der Waals surface area contributed by atoms with E-state index >= 15 is 0 Å². The van der Waals surface area contributed by atoms with E-state index in [4.69, 9.17) is 5.73 Å². The summed E-state index contributed by atoms with van der Waals surface area (Å²) in [6.07, 6.45) is 1.50. The van der Waals surface area contributed by atoms with E-state index in [1.807, 2.05) is 13.8 Å². The van der Waals surface area contributed by atoms with Gasteiger partial charge in [-0.1, -0.05) is 13.8 Å². The number of halogens is 1. The Morgan fingerprint density at radius 1 is 1.33 bits per heavy atom. The zero-order chi connectivity index (χ0) is 15.6. The van der Waals surface area contributed by atoms with Crippen LogP contribution in [0.4, 0.5) is 4.79 Å². The topological polar surface area (TPSA) is 105 Å². The number of nitrogens with two attached hydrogens (primary N) is 1. The van der Waals surface area contributed by atoms with Gasteiger partial charge in [-0.2, -0.15) is 0 Å². The second-order valence-corrected chi connectivity index (χ2v) is 5.75. The maximum Gasteiger partial charge on any atom is 0.325 e. The van der Waals surface area contributed by atoms with Crippen LogP contribution in [0.25, 0.3) is 0 Å². The lowest BCUT2D eigenvalue weighted by Crippen LogP contribution is -2.53. The van der Waals surface area contributed by atoms with Gasteiger partial charge in [0.2, 0.25) is 5.91 Å². The molecule has 1 heterocycles. The molecule has 1 rings (SSSR count). The van der Waals surface area contributed by atoms with Crippen LogP contribution >= 0.6 is 12.4 Å². The summed E-state index contributed by atoms with van der Waals surface area (Å²) < 4.78 is 0. The molecule has 0 saturated carbocycles. The molecule has 0 aromatic rings. The highest BCUT2D eigenvalue weighted by Gasteiger charge is 2.46. The molecule has 4 N–H and O–H groups in total. The molecule has 0 atom stereocenters. The fourth-order valence-corrected chi connectivity index (χ4v) is 1.94. The minimum absolute atomic E-state index is 0. The molecule has 1 saturated heterocycles. The van der Waals surface area contributed by atoms with Crippen molar-refractivity contribution in [2.45, 2.75) is 51.6 Å². The van der Waals surface area contributed by atoms with Crippen LogP contribution in [0.2, 0.25) is 0 Å². The number of amides is 4. The highest BCUT2D eigenvalue weighted by Crippen LogP contribution is 2.20. The average molecular weight is 321 g/mol. The van der Waals surface area contributed by atoms with Crippen LogP contribution in [-0.4, -0.2) is 46.9 Å². The number of hydrogen-bond donors (Lipinski definition) is 3. The Balaban J connectivity index is 0.00000400. The molecule has 0 aliphatic carbocycles. The maximum absolute atomic E-state index is 11.9. The minimum Gasteiger partial charge on any atom is -0.353 e. The summed E-state index contributed by atoms with van der Waals surface area (Å²) in [5, 5.41) is 4.93. The van der Waals surface area contributed by atoms with E-state index in [2.05, 4.69) is 10.6 Å². The summed E-state index contributed by atoms with van der Waals surface area (Å²) in [6, 6.07) is -0.542. The molecular formula is C13H25ClN4O3. The largest absolute Gasteiger partial charge is 0.353 e. The molecule has 21 heavy (non-hydrogen) atoms. The van der Waals surface area contributed by atoms with Gasteiger partial charge in [0.25, 0.3) is 5.91 Å². The lowest BCUT2D eigenvalue weighted by Gasteiger charge is -2.29. The Hall–Kier alpha value is -1.34. The molecule has 0 aromatic heterocycles. The monoisotopic (exact) mass is 320 g/mol. The van der Waals surface area contributed by atoms with Crippen molar-refractivity contribution in [1.29, 1.82) is 0 Å². The fraction of sp³-hybridized carbons (Fsp3) is 0.769. The first kappa shape index (κ1) is 19.7. The van der Waals surface area contributed by atoms with E-state index in [0.29, 0.717) is 6.54 Å². The smallest absolute Gasteiger partial charge is 0.325 e. The summed E-state index contributed by atoms with van der Waals surface area (Å²) in [5.74, 6) is -0.717. The first-order valence-corrected chi connectivity index (χ1v) is 6.85. The van der Waals surface area contributed by atoms with Crippen molar-refractivity contribution in [2.24, 2.45) is 5.73 Å². The van der Waals surface area contributed by atoms with E-state index < -0.39 is 23.0 Å². The maximum atomic E-state index is 11.9. The van der Waals surface area contributed by atoms with Crippen LogP contribution in [0.1, 0.15) is 40.5 Å². The highest BCUT2D eigenvalue weighted by molar-refractivity contribution is 6.07. The molecular weight excluding hydrogens is 296 g/mol. The van der Waals surface area contributed by atoms with Gasteiger partial charge < -0.3 is 16.0 Å². The summed E-state index contributed by atoms with van der Waals surface area (Å²) in [4.78, 5) is 36.4. The number of hydrogen-bond acceptors (Lipinski definition) is 4. The molecule has 1 fully saturated rings. The predicted octanol–water partition coefficient (Wildman–Crippen LogP) is 0.372. The third-order valence-electron chi connectivity index (χ3n) is 4.04. The van der Waals surface area contributed by atoms with Gasteiger partial charge in [0.15, 0.2) is 0 Å². The van der Waals surface area contributed by atoms with Gasteiger partial charge in [0.05, 0.1) is 0 Å². The summed E-state index contributed by atoms with van der Waals surface area (Å²) in [7, 11) is 0. The summed E-state index contributed by atoms with van der Waals surface area (Å²) in [5.41, 5.74) is 4.65. The van der Waals surface area contributed by atoms with Crippen molar-refractivity contribution in [3.05, 3.63) is 0 Å². The van der Waals surface area contributed by atoms with Crippen molar-refractivity contribution in [1.82, 2.24) is 15.5 Å². The van der Waals surface area contributed by atoms with Crippen LogP contribution in [0.3, 0.4) is 0 Å². The van der Waals surface area contributed by atoms with Crippen molar-refractivity contribution in [2.75, 3.05) is 13.1 Å². The van der Waals surface area contributed by atoms with Gasteiger partial charge >= 0.3 is 6.03 Å². The van der Waals surface area contributed by atoms with Crippen LogP contribution in [0.5, 0.6) is 0 Å². The third-order valence-corrected chi connectivity index (χ3v) is 4.04. The zero-order valence-electron chi connectivity index (χ0n) is 13.0. The van der Waals surface area contributed by atoms with Crippen LogP contribution in [0.15, 0.2) is 0 Å². The molecule has 0 spiro atoms. The van der Waals surface area contributed by atoms with Crippen molar-refractivity contribution < 1.29 is 14.4 Å². The summed E-state index contributed by atoms with van der Waals surface area (Å²) >= 11 is 0. The number of urea groups is 1. The van der Waals surface area contributed by atoms with Crippen LogP contribution in [0, 0.1) is 0 Å². The van der Waals surface area contributed by atoms with Crippen molar-refractivity contribution in [3.63, 3.8) is 0 Å². The van der Waals surface area contributed by atoms with E-state index in [0.717, 1.165) is 12.8 Å². The predicted molar refractivity (Wildman–Crippen MR) is 82.1 cm³/mol. The lowest BCUT2D eigenvalue weighted by atomic mass is 9.94. The van der Waals surface area contributed by atoms with E-state index in [-0.39, 0.29) is 24.9 Å². The Morgan fingerprint density at radius 2 is 1.86 bits per heavy atom. The fourth-order valence-electron chi connectivity index (χ4n) is 1.94. The molecule has 0 radical (unpaired) electrons. The third kappa shape index (κ3) is 4.31. The minimum atomic E-state index is -1.01. The van der Waals surface area contributed by atoms with Crippen molar-refractivity contribution >= 4 is 30.3 Å². The molecule has 0 aromatic carbocycles. The normalized spacial score (nSPS) is 17.3. The number of nitrogens with zero attached hydrogens (tertiary/aromatic N) is 1. The number of rotatable bonds is 6. The molecule has 7 nitrogen and oxygen atoms in total. The van der Waals surface area contributed by atoms with Crippen LogP contribution in [-0.2, 0) is 9.59 Å². The number of nitrogens with one attached hydrogen (secondary N) is 2. The Bertz CT molecular complexity index is 422. The Morgan fingerprint density at radius 3 is 2.24 bits per heavy atom. The van der Waals surface area contributed by atoms with Crippen LogP contribution < -0.4 is 16.4 Å². The average Bonchev–Trinajstić information content (AvgIpc) is 2.59. The Kier molecular flexibility index (Phi) is 6.63. The quantitative estimate of drug-likeness (QED) is 0.615. The zero-order valence-corrected chi connectivity index (χ0v) is 13.8.